The molecule has 0 aromatic rings. The van der Waals surface area contributed by atoms with Crippen molar-refractivity contribution in [2.75, 3.05) is 0 Å². The van der Waals surface area contributed by atoms with Gasteiger partial charge in [0.2, 0.25) is 0 Å². The fraction of sp³-hybridized carbons (Fsp3) is 0. The van der Waals surface area contributed by atoms with E-state index in [0.29, 0.717) is 0 Å². The fourth-order valence-electron chi connectivity index (χ4n) is 0.102. The molecule has 0 unspecified atom stereocenters. The van der Waals surface area contributed by atoms with Crippen molar-refractivity contribution in [3.63, 3.8) is 0 Å². The molecule has 0 fully saturated rings. The van der Waals surface area contributed by atoms with Crippen LogP contribution in [0.1, 0.15) is 0 Å². The highest BCUT2D eigenvalue weighted by molar-refractivity contribution is 7.46. The maximum absolute atomic E-state index is 9.53. The molecular weight excluding hydrogens is 163 g/mol. The van der Waals surface area contributed by atoms with Gasteiger partial charge >= 0.3 is 37.0 Å². The van der Waals surface area contributed by atoms with Crippen LogP contribution in [0.5, 0.6) is 0 Å². The summed E-state index contributed by atoms with van der Waals surface area (Å²) in [6.07, 6.45) is -1.99. The summed E-state index contributed by atoms with van der Waals surface area (Å²) in [5, 5.41) is 7.53. The first-order valence-electron chi connectivity index (χ1n) is 1.40. The van der Waals surface area contributed by atoms with Gasteiger partial charge in [-0.25, -0.2) is 9.36 Å². The Bertz CT molecular complexity index is 136. The molecule has 0 rings (SSSR count). The van der Waals surface area contributed by atoms with Crippen LogP contribution in [0.4, 0.5) is 4.79 Å². The molecule has 0 saturated heterocycles. The van der Waals surface area contributed by atoms with E-state index >= 15 is 0 Å². The maximum Gasteiger partial charge on any atom is 0.529 e. The minimum atomic E-state index is -4.82. The van der Waals surface area contributed by atoms with Crippen molar-refractivity contribution in [3.05, 3.63) is 0 Å². The lowest BCUT2D eigenvalue weighted by molar-refractivity contribution is 0.126. The molecule has 9 heavy (non-hydrogen) atoms. The highest BCUT2D eigenvalue weighted by Gasteiger charge is 2.18. The lowest BCUT2D eigenvalue weighted by atomic mass is 11.5. The van der Waals surface area contributed by atoms with Crippen molar-refractivity contribution in [3.8, 4) is 0 Å². The number of carboxylic acid groups (broad SMARTS) is 1. The van der Waals surface area contributed by atoms with Crippen LogP contribution < -0.4 is 0 Å². The van der Waals surface area contributed by atoms with Crippen molar-refractivity contribution >= 4 is 37.0 Å². The summed E-state index contributed by atoms with van der Waals surface area (Å²) in [7, 11) is -4.82. The van der Waals surface area contributed by atoms with Crippen LogP contribution in [0.15, 0.2) is 0 Å². The van der Waals surface area contributed by atoms with E-state index in [9.17, 15) is 9.36 Å². The van der Waals surface area contributed by atoms with Crippen molar-refractivity contribution in [1.29, 1.82) is 0 Å². The first kappa shape index (κ1) is 11.9. The zero-order chi connectivity index (χ0) is 6.78. The van der Waals surface area contributed by atoms with Crippen LogP contribution in [-0.4, -0.2) is 44.1 Å². The van der Waals surface area contributed by atoms with Crippen molar-refractivity contribution in [1.82, 2.24) is 0 Å². The SMILES string of the molecule is O=C(O)OP(=O)(O)O.[MgH2]. The predicted octanol–water partition coefficient (Wildman–Crippen LogP) is -1.14. The van der Waals surface area contributed by atoms with E-state index in [1.807, 2.05) is 0 Å². The Balaban J connectivity index is 0. The van der Waals surface area contributed by atoms with E-state index in [0.717, 1.165) is 0 Å². The summed E-state index contributed by atoms with van der Waals surface area (Å²) in [5.41, 5.74) is 0. The van der Waals surface area contributed by atoms with Gasteiger partial charge in [-0.05, 0) is 0 Å². The van der Waals surface area contributed by atoms with Crippen molar-refractivity contribution < 1.29 is 28.8 Å². The molecule has 0 aromatic carbocycles. The summed E-state index contributed by atoms with van der Waals surface area (Å²) < 4.78 is 12.6. The van der Waals surface area contributed by atoms with Gasteiger partial charge in [-0.15, -0.1) is 0 Å². The van der Waals surface area contributed by atoms with E-state index in [1.54, 1.807) is 0 Å². The molecule has 0 radical (unpaired) electrons. The standard InChI is InChI=1S/CH3O6P.Mg.2H/c2-1(3)7-8(4,5)6;;;/h(H,2,3)(H2,4,5,6);;;. The summed E-state index contributed by atoms with van der Waals surface area (Å²) in [6, 6.07) is 0. The predicted molar refractivity (Wildman–Crippen MR) is 29.7 cm³/mol. The zero-order valence-corrected chi connectivity index (χ0v) is 4.41. The molecule has 0 aliphatic heterocycles. The van der Waals surface area contributed by atoms with Gasteiger partial charge in [0, 0.05) is 0 Å². The van der Waals surface area contributed by atoms with E-state index in [4.69, 9.17) is 14.9 Å². The Morgan fingerprint density at radius 3 is 1.78 bits per heavy atom. The third-order valence-corrected chi connectivity index (χ3v) is 0.591. The molecule has 0 atom stereocenters. The van der Waals surface area contributed by atoms with E-state index in [2.05, 4.69) is 4.52 Å². The third-order valence-electron chi connectivity index (χ3n) is 0.197. The number of phosphoric ester groups is 1. The fourth-order valence-corrected chi connectivity index (χ4v) is 0.305. The van der Waals surface area contributed by atoms with Gasteiger partial charge in [0.05, 0.1) is 0 Å². The average Bonchev–Trinajstić information content (AvgIpc) is 1.21. The minimum Gasteiger partial charge on any atom is -0.449 e. The molecule has 6 nitrogen and oxygen atoms in total. The van der Waals surface area contributed by atoms with Crippen LogP contribution >= 0.6 is 7.82 Å². The molecule has 0 aromatic heterocycles. The molecular formula is CH5MgO6P. The Kier molecular flexibility index (Phi) is 5.40. The van der Waals surface area contributed by atoms with Crippen molar-refractivity contribution in [2.24, 2.45) is 0 Å². The second-order valence-corrected chi connectivity index (χ2v) is 2.01. The Hall–Kier alpha value is 0.186. The highest BCUT2D eigenvalue weighted by Crippen LogP contribution is 2.35. The van der Waals surface area contributed by atoms with E-state index in [1.165, 1.54) is 0 Å². The molecule has 0 saturated carbocycles. The Morgan fingerprint density at radius 1 is 1.44 bits per heavy atom. The number of hydrogen-bond acceptors (Lipinski definition) is 3. The second kappa shape index (κ2) is 4.07. The molecule has 0 aliphatic carbocycles. The summed E-state index contributed by atoms with van der Waals surface area (Å²) in [4.78, 5) is 24.7. The normalized spacial score (nSPS) is 9.56. The largest absolute Gasteiger partial charge is 0.529 e. The monoisotopic (exact) mass is 168 g/mol. The van der Waals surface area contributed by atoms with Crippen molar-refractivity contribution in [2.45, 2.75) is 0 Å². The molecule has 0 amide bonds. The van der Waals surface area contributed by atoms with Gasteiger partial charge in [0.15, 0.2) is 0 Å². The zero-order valence-electron chi connectivity index (χ0n) is 3.51. The molecule has 0 heterocycles. The summed E-state index contributed by atoms with van der Waals surface area (Å²) >= 11 is 0. The molecule has 3 N–H and O–H groups in total. The Morgan fingerprint density at radius 2 is 1.78 bits per heavy atom. The van der Waals surface area contributed by atoms with Gasteiger partial charge in [-0.2, -0.15) is 0 Å². The van der Waals surface area contributed by atoms with Crippen LogP contribution in [0.25, 0.3) is 0 Å². The first-order valence-corrected chi connectivity index (χ1v) is 2.93. The average molecular weight is 168 g/mol. The van der Waals surface area contributed by atoms with Gasteiger partial charge < -0.3 is 9.63 Å². The van der Waals surface area contributed by atoms with Gasteiger partial charge in [-0.1, -0.05) is 0 Å². The van der Waals surface area contributed by atoms with Gasteiger partial charge in [-0.3, -0.25) is 9.79 Å². The minimum absolute atomic E-state index is 0. The number of rotatable bonds is 1. The highest BCUT2D eigenvalue weighted by atomic mass is 31.2. The van der Waals surface area contributed by atoms with Crippen LogP contribution in [0.3, 0.4) is 0 Å². The Labute approximate surface area is 66.2 Å². The number of phosphoric acid groups is 1. The van der Waals surface area contributed by atoms with Crippen LogP contribution in [0.2, 0.25) is 0 Å². The number of hydrogen-bond donors (Lipinski definition) is 3. The van der Waals surface area contributed by atoms with Gasteiger partial charge in [0.25, 0.3) is 0 Å². The molecule has 0 aliphatic rings. The first-order chi connectivity index (χ1) is 3.42. The van der Waals surface area contributed by atoms with Crippen LogP contribution in [-0.2, 0) is 9.09 Å². The molecule has 0 spiro atoms. The molecule has 52 valence electrons. The second-order valence-electron chi connectivity index (χ2n) is 0.848. The number of carbonyl (C=O) groups is 1. The summed E-state index contributed by atoms with van der Waals surface area (Å²) in [6.45, 7) is 0. The van der Waals surface area contributed by atoms with E-state index in [-0.39, 0.29) is 23.1 Å². The smallest absolute Gasteiger partial charge is 0.449 e. The molecule has 8 heteroatoms. The maximum atomic E-state index is 9.53. The third kappa shape index (κ3) is 11.6. The molecule has 0 bridgehead atoms. The quantitative estimate of drug-likeness (QED) is 0.338. The topological polar surface area (TPSA) is 104 Å². The van der Waals surface area contributed by atoms with Crippen LogP contribution in [0, 0.1) is 0 Å². The summed E-state index contributed by atoms with van der Waals surface area (Å²) in [5.74, 6) is 0. The van der Waals surface area contributed by atoms with E-state index < -0.39 is 14.0 Å². The lowest BCUT2D eigenvalue weighted by Gasteiger charge is -1.97. The van der Waals surface area contributed by atoms with Gasteiger partial charge in [0.1, 0.15) is 0 Å². The lowest BCUT2D eigenvalue weighted by Crippen LogP contribution is -1.95.